The lowest BCUT2D eigenvalue weighted by Gasteiger charge is -2.32. The first-order valence-corrected chi connectivity index (χ1v) is 10.2. The van der Waals surface area contributed by atoms with Gasteiger partial charge >= 0.3 is 0 Å². The van der Waals surface area contributed by atoms with Gasteiger partial charge in [-0.1, -0.05) is 70.0 Å². The Morgan fingerprint density at radius 2 is 1.75 bits per heavy atom. The Kier molecular flexibility index (Phi) is 5.23. The van der Waals surface area contributed by atoms with Gasteiger partial charge in [-0.05, 0) is 41.9 Å². The van der Waals surface area contributed by atoms with Gasteiger partial charge in [0.1, 0.15) is 0 Å². The van der Waals surface area contributed by atoms with E-state index in [1.54, 1.807) is 16.4 Å². The van der Waals surface area contributed by atoms with Crippen LogP contribution in [0.1, 0.15) is 17.5 Å². The average Bonchev–Trinajstić information content (AvgIpc) is 2.56. The molecule has 5 heteroatoms. The second-order valence-corrected chi connectivity index (χ2v) is 8.96. The normalized spacial score (nSPS) is 19.1. The molecule has 3 rings (SSSR count). The molecule has 0 N–H and O–H groups in total. The maximum Gasteiger partial charge on any atom is 0.243 e. The van der Waals surface area contributed by atoms with Crippen LogP contribution in [0.15, 0.2) is 70.1 Å². The fourth-order valence-electron chi connectivity index (χ4n) is 2.92. The van der Waals surface area contributed by atoms with E-state index in [0.29, 0.717) is 24.3 Å². The smallest absolute Gasteiger partial charge is 0.207 e. The molecule has 1 aliphatic rings. The standard InChI is InChI=1S/C19H20BrNO2S/c1-15-7-9-19(10-8-15)24(22,23)21-12-11-17(20)14-18(21)13-16-5-3-2-4-6-16/h2-10,14,18H,11-13H2,1H3/t18-/m1/s1. The van der Waals surface area contributed by atoms with Crippen LogP contribution in [0.25, 0.3) is 0 Å². The van der Waals surface area contributed by atoms with Crippen LogP contribution in [0.3, 0.4) is 0 Å². The fourth-order valence-corrected chi connectivity index (χ4v) is 4.98. The molecular weight excluding hydrogens is 386 g/mol. The van der Waals surface area contributed by atoms with Crippen molar-refractivity contribution in [2.45, 2.75) is 30.7 Å². The Bertz CT molecular complexity index is 829. The van der Waals surface area contributed by atoms with Gasteiger partial charge in [-0.15, -0.1) is 0 Å². The summed E-state index contributed by atoms with van der Waals surface area (Å²) in [7, 11) is -3.50. The van der Waals surface area contributed by atoms with E-state index in [1.165, 1.54) is 0 Å². The van der Waals surface area contributed by atoms with Crippen molar-refractivity contribution in [2.75, 3.05) is 6.54 Å². The lowest BCUT2D eigenvalue weighted by molar-refractivity contribution is 0.350. The summed E-state index contributed by atoms with van der Waals surface area (Å²) in [6, 6.07) is 16.9. The third-order valence-corrected chi connectivity index (χ3v) is 6.83. The van der Waals surface area contributed by atoms with Crippen molar-refractivity contribution in [3.8, 4) is 0 Å². The van der Waals surface area contributed by atoms with E-state index in [-0.39, 0.29) is 6.04 Å². The molecule has 0 radical (unpaired) electrons. The highest BCUT2D eigenvalue weighted by atomic mass is 79.9. The maximum absolute atomic E-state index is 13.1. The van der Waals surface area contributed by atoms with Crippen molar-refractivity contribution >= 4 is 26.0 Å². The number of benzene rings is 2. The van der Waals surface area contributed by atoms with Crippen LogP contribution >= 0.6 is 15.9 Å². The van der Waals surface area contributed by atoms with Crippen LogP contribution < -0.4 is 0 Å². The van der Waals surface area contributed by atoms with Crippen molar-refractivity contribution in [1.82, 2.24) is 4.31 Å². The van der Waals surface area contributed by atoms with Crippen molar-refractivity contribution < 1.29 is 8.42 Å². The zero-order valence-electron chi connectivity index (χ0n) is 13.5. The van der Waals surface area contributed by atoms with Crippen LogP contribution in [-0.2, 0) is 16.4 Å². The average molecular weight is 406 g/mol. The zero-order valence-corrected chi connectivity index (χ0v) is 15.9. The SMILES string of the molecule is Cc1ccc(S(=O)(=O)N2CCC(Br)=C[C@H]2Cc2ccccc2)cc1. The van der Waals surface area contributed by atoms with E-state index >= 15 is 0 Å². The highest BCUT2D eigenvalue weighted by molar-refractivity contribution is 9.11. The molecule has 0 saturated heterocycles. The molecule has 2 aromatic rings. The van der Waals surface area contributed by atoms with Gasteiger partial charge in [-0.25, -0.2) is 8.42 Å². The predicted octanol–water partition coefficient (Wildman–Crippen LogP) is 4.28. The molecule has 1 heterocycles. The molecule has 0 aliphatic carbocycles. The monoisotopic (exact) mass is 405 g/mol. The minimum absolute atomic E-state index is 0.179. The Balaban J connectivity index is 1.93. The minimum atomic E-state index is -3.50. The fraction of sp³-hybridized carbons (Fsp3) is 0.263. The summed E-state index contributed by atoms with van der Waals surface area (Å²) in [4.78, 5) is 0.359. The van der Waals surface area contributed by atoms with Crippen LogP contribution in [0.2, 0.25) is 0 Å². The minimum Gasteiger partial charge on any atom is -0.207 e. The van der Waals surface area contributed by atoms with E-state index in [0.717, 1.165) is 15.6 Å². The largest absolute Gasteiger partial charge is 0.243 e. The van der Waals surface area contributed by atoms with Gasteiger partial charge in [-0.2, -0.15) is 4.31 Å². The number of rotatable bonds is 4. The molecule has 0 unspecified atom stereocenters. The van der Waals surface area contributed by atoms with Crippen molar-refractivity contribution in [1.29, 1.82) is 0 Å². The van der Waals surface area contributed by atoms with Crippen molar-refractivity contribution in [3.63, 3.8) is 0 Å². The summed E-state index contributed by atoms with van der Waals surface area (Å²) in [6.45, 7) is 2.44. The lowest BCUT2D eigenvalue weighted by atomic mass is 10.0. The van der Waals surface area contributed by atoms with Gasteiger partial charge in [0.25, 0.3) is 0 Å². The van der Waals surface area contributed by atoms with Crippen LogP contribution in [0, 0.1) is 6.92 Å². The Morgan fingerprint density at radius 3 is 2.42 bits per heavy atom. The second-order valence-electron chi connectivity index (χ2n) is 6.05. The number of nitrogens with zero attached hydrogens (tertiary/aromatic N) is 1. The molecule has 1 aliphatic heterocycles. The number of sulfonamides is 1. The molecule has 0 spiro atoms. The third-order valence-electron chi connectivity index (χ3n) is 4.23. The van der Waals surface area contributed by atoms with E-state index in [9.17, 15) is 8.42 Å². The van der Waals surface area contributed by atoms with Gasteiger partial charge in [0.05, 0.1) is 4.90 Å². The van der Waals surface area contributed by atoms with Crippen LogP contribution in [0.5, 0.6) is 0 Å². The number of halogens is 1. The second kappa shape index (κ2) is 7.21. The van der Waals surface area contributed by atoms with Crippen molar-refractivity contribution in [2.24, 2.45) is 0 Å². The maximum atomic E-state index is 13.1. The van der Waals surface area contributed by atoms with E-state index in [1.807, 2.05) is 55.5 Å². The van der Waals surface area contributed by atoms with E-state index < -0.39 is 10.0 Å². The zero-order chi connectivity index (χ0) is 17.2. The highest BCUT2D eigenvalue weighted by Gasteiger charge is 2.32. The van der Waals surface area contributed by atoms with E-state index in [2.05, 4.69) is 15.9 Å². The first-order chi connectivity index (χ1) is 11.5. The molecule has 3 nitrogen and oxygen atoms in total. The number of hydrogen-bond donors (Lipinski definition) is 0. The van der Waals surface area contributed by atoms with Gasteiger partial charge in [-0.3, -0.25) is 0 Å². The quantitative estimate of drug-likeness (QED) is 0.760. The summed E-state index contributed by atoms with van der Waals surface area (Å²) in [5.41, 5.74) is 2.18. The van der Waals surface area contributed by atoms with E-state index in [4.69, 9.17) is 0 Å². The number of aryl methyl sites for hydroxylation is 1. The number of hydrogen-bond acceptors (Lipinski definition) is 2. The Morgan fingerprint density at radius 1 is 1.08 bits per heavy atom. The lowest BCUT2D eigenvalue weighted by Crippen LogP contribution is -2.43. The molecule has 126 valence electrons. The Labute approximate surface area is 152 Å². The molecular formula is C19H20BrNO2S. The topological polar surface area (TPSA) is 37.4 Å². The molecule has 0 fully saturated rings. The molecule has 0 saturated carbocycles. The molecule has 0 bridgehead atoms. The summed E-state index contributed by atoms with van der Waals surface area (Å²) < 4.78 is 28.9. The van der Waals surface area contributed by atoms with Crippen molar-refractivity contribution in [3.05, 3.63) is 76.3 Å². The summed E-state index contributed by atoms with van der Waals surface area (Å²) in [6.07, 6.45) is 3.39. The molecule has 2 aromatic carbocycles. The van der Waals surface area contributed by atoms with Crippen LogP contribution in [0.4, 0.5) is 0 Å². The first-order valence-electron chi connectivity index (χ1n) is 7.95. The third kappa shape index (κ3) is 3.79. The van der Waals surface area contributed by atoms with Gasteiger partial charge in [0.2, 0.25) is 10.0 Å². The molecule has 0 aromatic heterocycles. The molecule has 1 atom stereocenters. The summed E-state index contributed by atoms with van der Waals surface area (Å²) in [5, 5.41) is 0. The molecule has 0 amide bonds. The Hall–Kier alpha value is -1.43. The highest BCUT2D eigenvalue weighted by Crippen LogP contribution is 2.29. The van der Waals surface area contributed by atoms with Gasteiger partial charge in [0, 0.05) is 12.6 Å². The predicted molar refractivity (Wildman–Crippen MR) is 101 cm³/mol. The molecule has 24 heavy (non-hydrogen) atoms. The first kappa shape index (κ1) is 17.4. The summed E-state index contributed by atoms with van der Waals surface area (Å²) in [5.74, 6) is 0. The van der Waals surface area contributed by atoms with Gasteiger partial charge in [0.15, 0.2) is 0 Å². The van der Waals surface area contributed by atoms with Crippen LogP contribution in [-0.4, -0.2) is 25.3 Å². The summed E-state index contributed by atoms with van der Waals surface area (Å²) >= 11 is 3.54. The van der Waals surface area contributed by atoms with Gasteiger partial charge < -0.3 is 0 Å².